The highest BCUT2D eigenvalue weighted by Crippen LogP contribution is 2.28. The van der Waals surface area contributed by atoms with E-state index in [1.54, 1.807) is 24.5 Å². The van der Waals surface area contributed by atoms with Crippen molar-refractivity contribution < 1.29 is 14.8 Å². The number of aromatic nitrogens is 3. The van der Waals surface area contributed by atoms with Crippen LogP contribution in [0.25, 0.3) is 0 Å². The van der Waals surface area contributed by atoms with Gasteiger partial charge in [0.25, 0.3) is 5.91 Å². The van der Waals surface area contributed by atoms with Crippen molar-refractivity contribution in [2.45, 2.75) is 20.3 Å². The van der Waals surface area contributed by atoms with E-state index in [4.69, 9.17) is 16.8 Å². The number of anilines is 4. The molecule has 0 unspecified atom stereocenters. The van der Waals surface area contributed by atoms with Gasteiger partial charge in [0.2, 0.25) is 5.91 Å². The van der Waals surface area contributed by atoms with Crippen LogP contribution in [0.3, 0.4) is 0 Å². The van der Waals surface area contributed by atoms with E-state index in [9.17, 15) is 9.59 Å². The van der Waals surface area contributed by atoms with Crippen molar-refractivity contribution in [1.82, 2.24) is 25.3 Å². The van der Waals surface area contributed by atoms with Gasteiger partial charge in [0.15, 0.2) is 5.13 Å². The SMILES string of the molecule is Cc1nc(NCCN(C)CCC(=O)NO)cc(Nc2ncc(C(=O)Nc3c(C)cccc3Cl)s2)n1. The first-order valence-corrected chi connectivity index (χ1v) is 11.9. The first-order valence-electron chi connectivity index (χ1n) is 10.8. The van der Waals surface area contributed by atoms with Crippen LogP contribution in [-0.2, 0) is 4.79 Å². The van der Waals surface area contributed by atoms with Crippen LogP contribution >= 0.6 is 22.9 Å². The van der Waals surface area contributed by atoms with Crippen LogP contribution < -0.4 is 21.4 Å². The summed E-state index contributed by atoms with van der Waals surface area (Å²) in [4.78, 5) is 39.2. The second kappa shape index (κ2) is 12.4. The van der Waals surface area contributed by atoms with Crippen LogP contribution in [-0.4, -0.2) is 63.6 Å². The second-order valence-corrected chi connectivity index (χ2v) is 9.18. The molecule has 3 rings (SSSR count). The van der Waals surface area contributed by atoms with Gasteiger partial charge in [-0.3, -0.25) is 14.8 Å². The number of hydrogen-bond donors (Lipinski definition) is 5. The molecule has 3 aromatic rings. The Bertz CT molecular complexity index is 1170. The van der Waals surface area contributed by atoms with Gasteiger partial charge in [0, 0.05) is 32.1 Å². The summed E-state index contributed by atoms with van der Waals surface area (Å²) < 4.78 is 0. The molecule has 11 nitrogen and oxygen atoms in total. The summed E-state index contributed by atoms with van der Waals surface area (Å²) >= 11 is 7.40. The smallest absolute Gasteiger partial charge is 0.267 e. The first kappa shape index (κ1) is 26.3. The number of nitrogens with zero attached hydrogens (tertiary/aromatic N) is 4. The zero-order valence-electron chi connectivity index (χ0n) is 19.6. The van der Waals surface area contributed by atoms with E-state index in [1.165, 1.54) is 17.5 Å². The summed E-state index contributed by atoms with van der Waals surface area (Å²) in [7, 11) is 1.88. The van der Waals surface area contributed by atoms with Gasteiger partial charge in [0.1, 0.15) is 22.3 Å². The van der Waals surface area contributed by atoms with E-state index >= 15 is 0 Å². The number of hydroxylamine groups is 1. The number of para-hydroxylation sites is 1. The highest BCUT2D eigenvalue weighted by Gasteiger charge is 2.14. The predicted octanol–water partition coefficient (Wildman–Crippen LogP) is 3.44. The molecule has 2 heterocycles. The Labute approximate surface area is 211 Å². The fourth-order valence-electron chi connectivity index (χ4n) is 3.07. The van der Waals surface area contributed by atoms with E-state index in [0.29, 0.717) is 57.8 Å². The Morgan fingerprint density at radius 2 is 1.94 bits per heavy atom. The zero-order valence-corrected chi connectivity index (χ0v) is 21.1. The number of aryl methyl sites for hydroxylation is 2. The summed E-state index contributed by atoms with van der Waals surface area (Å²) in [5.74, 6) is 1.01. The van der Waals surface area contributed by atoms with Crippen molar-refractivity contribution in [1.29, 1.82) is 0 Å². The number of carbonyl (C=O) groups excluding carboxylic acids is 2. The van der Waals surface area contributed by atoms with Gasteiger partial charge in [-0.2, -0.15) is 0 Å². The lowest BCUT2D eigenvalue weighted by atomic mass is 10.2. The first-order chi connectivity index (χ1) is 16.7. The van der Waals surface area contributed by atoms with Crippen LogP contribution in [0.1, 0.15) is 27.5 Å². The molecule has 0 saturated carbocycles. The molecule has 0 saturated heterocycles. The van der Waals surface area contributed by atoms with E-state index in [-0.39, 0.29) is 12.3 Å². The van der Waals surface area contributed by atoms with Gasteiger partial charge in [-0.05, 0) is 32.5 Å². The molecule has 0 spiro atoms. The van der Waals surface area contributed by atoms with Gasteiger partial charge in [0.05, 0.1) is 16.9 Å². The second-order valence-electron chi connectivity index (χ2n) is 7.74. The Kier molecular flexibility index (Phi) is 9.32. The van der Waals surface area contributed by atoms with Crippen molar-refractivity contribution in [2.24, 2.45) is 0 Å². The van der Waals surface area contributed by atoms with Crippen LogP contribution in [0.5, 0.6) is 0 Å². The minimum atomic E-state index is -0.422. The van der Waals surface area contributed by atoms with Crippen LogP contribution in [0, 0.1) is 13.8 Å². The minimum absolute atomic E-state index is 0.208. The summed E-state index contributed by atoms with van der Waals surface area (Å²) in [6.07, 6.45) is 1.70. The topological polar surface area (TPSA) is 144 Å². The maximum atomic E-state index is 12.7. The zero-order chi connectivity index (χ0) is 25.4. The van der Waals surface area contributed by atoms with Gasteiger partial charge in [-0.15, -0.1) is 0 Å². The number of thiazole rings is 1. The van der Waals surface area contributed by atoms with Crippen LogP contribution in [0.2, 0.25) is 5.02 Å². The average molecular weight is 519 g/mol. The van der Waals surface area contributed by atoms with Gasteiger partial charge in [-0.1, -0.05) is 35.1 Å². The summed E-state index contributed by atoms with van der Waals surface area (Å²) in [6.45, 7) is 5.43. The van der Waals surface area contributed by atoms with Gasteiger partial charge in [-0.25, -0.2) is 20.4 Å². The Hall–Kier alpha value is -3.32. The number of carbonyl (C=O) groups is 2. The van der Waals surface area contributed by atoms with Crippen molar-refractivity contribution in [2.75, 3.05) is 42.6 Å². The fraction of sp³-hybridized carbons (Fsp3) is 0.318. The lowest BCUT2D eigenvalue weighted by molar-refractivity contribution is -0.129. The molecule has 35 heavy (non-hydrogen) atoms. The third-order valence-corrected chi connectivity index (χ3v) is 6.13. The molecule has 0 aliphatic rings. The largest absolute Gasteiger partial charge is 0.369 e. The molecule has 0 atom stereocenters. The lowest BCUT2D eigenvalue weighted by Gasteiger charge is -2.16. The molecule has 2 aromatic heterocycles. The standard InChI is InChI=1S/C22H27ClN8O3S/c1-13-5-4-6-15(23)20(13)29-21(33)16-12-25-22(35-16)28-18-11-17(26-14(2)27-18)24-8-10-31(3)9-7-19(32)30-34/h4-6,11-12,34H,7-10H2,1-3H3,(H,29,33)(H,30,32)(H2,24,25,26,27,28). The average Bonchev–Trinajstić information content (AvgIpc) is 3.28. The molecule has 0 aliphatic heterocycles. The Morgan fingerprint density at radius 1 is 1.17 bits per heavy atom. The van der Waals surface area contributed by atoms with E-state index in [1.807, 2.05) is 31.0 Å². The molecular formula is C22H27ClN8O3S. The number of nitrogens with one attached hydrogen (secondary N) is 4. The van der Waals surface area contributed by atoms with Crippen molar-refractivity contribution in [3.8, 4) is 0 Å². The highest BCUT2D eigenvalue weighted by molar-refractivity contribution is 7.17. The van der Waals surface area contributed by atoms with E-state index < -0.39 is 5.91 Å². The van der Waals surface area contributed by atoms with Crippen molar-refractivity contribution in [3.63, 3.8) is 0 Å². The van der Waals surface area contributed by atoms with Crippen molar-refractivity contribution >= 4 is 57.2 Å². The fourth-order valence-corrected chi connectivity index (χ4v) is 4.06. The van der Waals surface area contributed by atoms with E-state index in [2.05, 4.69) is 30.9 Å². The number of likely N-dealkylation sites (N-methyl/N-ethyl adjacent to an activating group) is 1. The minimum Gasteiger partial charge on any atom is -0.369 e. The Balaban J connectivity index is 1.57. The predicted molar refractivity (Wildman–Crippen MR) is 137 cm³/mol. The van der Waals surface area contributed by atoms with Gasteiger partial charge >= 0.3 is 0 Å². The molecule has 1 aromatic carbocycles. The number of hydrogen-bond acceptors (Lipinski definition) is 10. The van der Waals surface area contributed by atoms with Crippen molar-refractivity contribution in [3.05, 3.63) is 51.7 Å². The molecule has 0 aliphatic carbocycles. The lowest BCUT2D eigenvalue weighted by Crippen LogP contribution is -2.30. The molecule has 5 N–H and O–H groups in total. The Morgan fingerprint density at radius 3 is 2.69 bits per heavy atom. The van der Waals surface area contributed by atoms with Gasteiger partial charge < -0.3 is 20.9 Å². The molecule has 2 amide bonds. The maximum absolute atomic E-state index is 12.7. The normalized spacial score (nSPS) is 10.8. The molecule has 0 fully saturated rings. The van der Waals surface area contributed by atoms with Crippen LogP contribution in [0.4, 0.5) is 22.5 Å². The van der Waals surface area contributed by atoms with E-state index in [0.717, 1.165) is 5.56 Å². The number of benzene rings is 1. The summed E-state index contributed by atoms with van der Waals surface area (Å²) in [5, 5.41) is 18.7. The van der Waals surface area contributed by atoms with Crippen LogP contribution in [0.15, 0.2) is 30.5 Å². The third-order valence-electron chi connectivity index (χ3n) is 4.91. The number of rotatable bonds is 11. The molecule has 186 valence electrons. The highest BCUT2D eigenvalue weighted by atomic mass is 35.5. The monoisotopic (exact) mass is 518 g/mol. The molecular weight excluding hydrogens is 492 g/mol. The molecule has 13 heteroatoms. The number of halogens is 1. The quantitative estimate of drug-likeness (QED) is 0.190. The number of amides is 2. The maximum Gasteiger partial charge on any atom is 0.267 e. The summed E-state index contributed by atoms with van der Waals surface area (Å²) in [5.41, 5.74) is 3.06. The summed E-state index contributed by atoms with van der Waals surface area (Å²) in [6, 6.07) is 7.17. The molecule has 0 bridgehead atoms. The third kappa shape index (κ3) is 7.86. The molecule has 0 radical (unpaired) electrons.